The third-order valence-electron chi connectivity index (χ3n) is 5.86. The summed E-state index contributed by atoms with van der Waals surface area (Å²) in [6.07, 6.45) is -0.405. The lowest BCUT2D eigenvalue weighted by Gasteiger charge is -2.29. The number of carbonyl (C=O) groups is 1. The van der Waals surface area contributed by atoms with E-state index in [-0.39, 0.29) is 12.2 Å². The molecular weight excluding hydrogens is 400 g/mol. The molecule has 0 saturated carbocycles. The van der Waals surface area contributed by atoms with E-state index in [1.165, 1.54) is 21.3 Å². The summed E-state index contributed by atoms with van der Waals surface area (Å²) in [5, 5.41) is 0.642. The predicted octanol–water partition coefficient (Wildman–Crippen LogP) is 4.45. The van der Waals surface area contributed by atoms with E-state index in [9.17, 15) is 9.59 Å². The van der Waals surface area contributed by atoms with Crippen LogP contribution in [0.3, 0.4) is 0 Å². The summed E-state index contributed by atoms with van der Waals surface area (Å²) < 4.78 is 28.2. The number of hydrogen-bond donors (Lipinski definition) is 0. The Morgan fingerprint density at radius 3 is 2.13 bits per heavy atom. The Kier molecular flexibility index (Phi) is 5.13. The van der Waals surface area contributed by atoms with E-state index in [0.717, 1.165) is 11.1 Å². The molecule has 3 aromatic rings. The average Bonchev–Trinajstić information content (AvgIpc) is 2.75. The maximum Gasteiger partial charge on any atom is 0.339 e. The molecule has 0 bridgehead atoms. The van der Waals surface area contributed by atoms with Crippen molar-refractivity contribution in [3.05, 3.63) is 56.4 Å². The number of carbonyl (C=O) groups excluding carboxylic acids is 1. The second kappa shape index (κ2) is 7.65. The fourth-order valence-corrected chi connectivity index (χ4v) is 4.10. The Labute approximate surface area is 179 Å². The van der Waals surface area contributed by atoms with E-state index in [2.05, 4.69) is 0 Å². The van der Waals surface area contributed by atoms with Crippen molar-refractivity contribution in [3.63, 3.8) is 0 Å². The van der Waals surface area contributed by atoms with Crippen LogP contribution in [0.1, 0.15) is 45.1 Å². The normalized spacial score (nSPS) is 15.4. The van der Waals surface area contributed by atoms with E-state index in [1.54, 1.807) is 25.1 Å². The molecule has 2 heterocycles. The monoisotopic (exact) mass is 424 g/mol. The van der Waals surface area contributed by atoms with E-state index in [0.29, 0.717) is 50.7 Å². The summed E-state index contributed by atoms with van der Waals surface area (Å²) in [7, 11) is 4.60. The summed E-state index contributed by atoms with van der Waals surface area (Å²) in [5.41, 5.74) is 3.19. The fraction of sp³-hybridized carbons (Fsp3) is 0.333. The van der Waals surface area contributed by atoms with Crippen LogP contribution in [-0.2, 0) is 0 Å². The van der Waals surface area contributed by atoms with Gasteiger partial charge in [0.1, 0.15) is 17.4 Å². The Hall–Kier alpha value is -3.48. The Morgan fingerprint density at radius 1 is 0.903 bits per heavy atom. The molecule has 1 aromatic heterocycles. The van der Waals surface area contributed by atoms with Gasteiger partial charge in [-0.05, 0) is 50.1 Å². The Bertz CT molecular complexity index is 1240. The smallest absolute Gasteiger partial charge is 0.339 e. The zero-order valence-corrected chi connectivity index (χ0v) is 18.4. The summed E-state index contributed by atoms with van der Waals surface area (Å²) in [6, 6.07) is 5.28. The molecule has 0 saturated heterocycles. The number of aryl methyl sites for hydroxylation is 2. The Morgan fingerprint density at radius 2 is 1.55 bits per heavy atom. The Balaban J connectivity index is 1.93. The van der Waals surface area contributed by atoms with Gasteiger partial charge >= 0.3 is 5.63 Å². The summed E-state index contributed by atoms with van der Waals surface area (Å²) in [4.78, 5) is 25.3. The molecule has 2 aromatic carbocycles. The van der Waals surface area contributed by atoms with Crippen LogP contribution in [0, 0.1) is 20.8 Å². The van der Waals surface area contributed by atoms with Gasteiger partial charge in [-0.2, -0.15) is 0 Å². The number of methoxy groups -OCH3 is 3. The van der Waals surface area contributed by atoms with Crippen molar-refractivity contribution in [3.8, 4) is 23.0 Å². The van der Waals surface area contributed by atoms with Crippen LogP contribution in [0.5, 0.6) is 23.0 Å². The molecule has 0 aliphatic carbocycles. The molecule has 0 unspecified atom stereocenters. The standard InChI is InChI=1S/C24H24O7/c1-11-7-17-21(12(2)13(3)24(26)31-17)23-20(11)15(25)10-16(30-23)14-8-18(27-4)22(29-6)19(9-14)28-5/h7-9,16H,10H2,1-6H3/t16-/m1/s1. The molecule has 0 N–H and O–H groups in total. The molecule has 7 nitrogen and oxygen atoms in total. The molecular formula is C24H24O7. The van der Waals surface area contributed by atoms with Crippen molar-refractivity contribution in [2.75, 3.05) is 21.3 Å². The van der Waals surface area contributed by atoms with Crippen molar-refractivity contribution in [2.24, 2.45) is 0 Å². The number of fused-ring (bicyclic) bond motifs is 3. The van der Waals surface area contributed by atoms with Gasteiger partial charge in [-0.15, -0.1) is 0 Å². The van der Waals surface area contributed by atoms with Gasteiger partial charge in [0.05, 0.1) is 38.7 Å². The van der Waals surface area contributed by atoms with Crippen LogP contribution in [-0.4, -0.2) is 27.1 Å². The maximum atomic E-state index is 13.2. The van der Waals surface area contributed by atoms with Gasteiger partial charge in [0.2, 0.25) is 5.75 Å². The highest BCUT2D eigenvalue weighted by Crippen LogP contribution is 2.46. The van der Waals surface area contributed by atoms with Crippen molar-refractivity contribution in [1.29, 1.82) is 0 Å². The molecule has 0 radical (unpaired) electrons. The number of benzene rings is 2. The molecule has 1 aliphatic rings. The third kappa shape index (κ3) is 3.21. The molecule has 4 rings (SSSR count). The van der Waals surface area contributed by atoms with Crippen molar-refractivity contribution in [1.82, 2.24) is 0 Å². The van der Waals surface area contributed by atoms with E-state index >= 15 is 0 Å². The highest BCUT2D eigenvalue weighted by atomic mass is 16.5. The molecule has 0 amide bonds. The van der Waals surface area contributed by atoms with Crippen LogP contribution < -0.4 is 24.6 Å². The van der Waals surface area contributed by atoms with Crippen LogP contribution >= 0.6 is 0 Å². The van der Waals surface area contributed by atoms with Crippen LogP contribution in [0.25, 0.3) is 11.0 Å². The molecule has 0 fully saturated rings. The van der Waals surface area contributed by atoms with Crippen LogP contribution in [0.2, 0.25) is 0 Å². The van der Waals surface area contributed by atoms with Gasteiger partial charge in [-0.1, -0.05) is 0 Å². The zero-order valence-electron chi connectivity index (χ0n) is 18.4. The minimum absolute atomic E-state index is 0.0392. The minimum Gasteiger partial charge on any atom is -0.493 e. The lowest BCUT2D eigenvalue weighted by atomic mass is 9.90. The first-order valence-electron chi connectivity index (χ1n) is 9.88. The lowest BCUT2D eigenvalue weighted by Crippen LogP contribution is -2.22. The molecule has 0 spiro atoms. The zero-order chi connectivity index (χ0) is 22.4. The van der Waals surface area contributed by atoms with Crippen molar-refractivity contribution >= 4 is 16.8 Å². The first kappa shape index (κ1) is 20.8. The number of rotatable bonds is 4. The topological polar surface area (TPSA) is 84.2 Å². The van der Waals surface area contributed by atoms with Crippen LogP contribution in [0.4, 0.5) is 0 Å². The summed E-state index contributed by atoms with van der Waals surface area (Å²) >= 11 is 0. The molecule has 1 aliphatic heterocycles. The van der Waals surface area contributed by atoms with Gasteiger partial charge in [0.25, 0.3) is 0 Å². The van der Waals surface area contributed by atoms with E-state index < -0.39 is 11.7 Å². The van der Waals surface area contributed by atoms with Crippen molar-refractivity contribution in [2.45, 2.75) is 33.3 Å². The van der Waals surface area contributed by atoms with Gasteiger partial charge in [0, 0.05) is 11.1 Å². The largest absolute Gasteiger partial charge is 0.493 e. The highest BCUT2D eigenvalue weighted by Gasteiger charge is 2.33. The third-order valence-corrected chi connectivity index (χ3v) is 5.86. The van der Waals surface area contributed by atoms with Gasteiger partial charge in [-0.3, -0.25) is 4.79 Å². The van der Waals surface area contributed by atoms with Gasteiger partial charge in [-0.25, -0.2) is 4.79 Å². The van der Waals surface area contributed by atoms with Gasteiger partial charge in [0.15, 0.2) is 17.3 Å². The number of ketones is 1. The molecule has 162 valence electrons. The quantitative estimate of drug-likeness (QED) is 0.572. The highest BCUT2D eigenvalue weighted by molar-refractivity contribution is 6.07. The summed E-state index contributed by atoms with van der Waals surface area (Å²) in [6.45, 7) is 5.35. The maximum absolute atomic E-state index is 13.2. The van der Waals surface area contributed by atoms with E-state index in [1.807, 2.05) is 13.8 Å². The van der Waals surface area contributed by atoms with Crippen molar-refractivity contribution < 1.29 is 28.2 Å². The molecule has 1 atom stereocenters. The summed E-state index contributed by atoms with van der Waals surface area (Å²) in [5.74, 6) is 1.82. The number of Topliss-reactive ketones (excluding diaryl/α,β-unsaturated/α-hetero) is 1. The second-order valence-electron chi connectivity index (χ2n) is 7.60. The minimum atomic E-state index is -0.564. The number of hydrogen-bond acceptors (Lipinski definition) is 7. The van der Waals surface area contributed by atoms with E-state index in [4.69, 9.17) is 23.4 Å². The first-order valence-corrected chi connectivity index (χ1v) is 9.88. The SMILES string of the molecule is COc1cc([C@H]2CC(=O)c3c(C)cc4oc(=O)c(C)c(C)c4c3O2)cc(OC)c1OC. The van der Waals surface area contributed by atoms with Gasteiger partial charge < -0.3 is 23.4 Å². The molecule has 31 heavy (non-hydrogen) atoms. The number of ether oxygens (including phenoxy) is 4. The lowest BCUT2D eigenvalue weighted by molar-refractivity contribution is 0.0851. The fourth-order valence-electron chi connectivity index (χ4n) is 4.10. The second-order valence-corrected chi connectivity index (χ2v) is 7.60. The molecule has 7 heteroatoms. The van der Waals surface area contributed by atoms with Crippen LogP contribution in [0.15, 0.2) is 27.4 Å². The predicted molar refractivity (Wildman–Crippen MR) is 115 cm³/mol. The first-order chi connectivity index (χ1) is 14.8. The average molecular weight is 424 g/mol.